The van der Waals surface area contributed by atoms with Crippen molar-refractivity contribution in [1.29, 1.82) is 0 Å². The Hall–Kier alpha value is -2.15. The van der Waals surface area contributed by atoms with Crippen LogP contribution in [0.25, 0.3) is 0 Å². The van der Waals surface area contributed by atoms with Crippen LogP contribution in [0, 0.1) is 12.8 Å². The van der Waals surface area contributed by atoms with Crippen LogP contribution in [0.4, 0.5) is 11.5 Å². The molecular formula is C20H25ClN6O. The molecule has 3 heterocycles. The van der Waals surface area contributed by atoms with Gasteiger partial charge in [0.15, 0.2) is 0 Å². The Morgan fingerprint density at radius 2 is 1.79 bits per heavy atom. The highest BCUT2D eigenvalue weighted by Gasteiger charge is 2.29. The van der Waals surface area contributed by atoms with Gasteiger partial charge in [-0.15, -0.1) is 0 Å². The van der Waals surface area contributed by atoms with Crippen LogP contribution >= 0.6 is 11.6 Å². The second-order valence-electron chi connectivity index (χ2n) is 8.25. The van der Waals surface area contributed by atoms with E-state index in [9.17, 15) is 4.79 Å². The van der Waals surface area contributed by atoms with Crippen molar-refractivity contribution in [3.8, 4) is 0 Å². The van der Waals surface area contributed by atoms with Crippen LogP contribution in [0.2, 0.25) is 5.02 Å². The molecule has 3 fully saturated rings. The van der Waals surface area contributed by atoms with Gasteiger partial charge in [-0.25, -0.2) is 14.6 Å². The number of halogens is 1. The summed E-state index contributed by atoms with van der Waals surface area (Å²) >= 11 is 6.42. The molecule has 0 N–H and O–H groups in total. The van der Waals surface area contributed by atoms with Gasteiger partial charge in [0.25, 0.3) is 5.56 Å². The summed E-state index contributed by atoms with van der Waals surface area (Å²) in [5.41, 5.74) is 1.60. The predicted octanol–water partition coefficient (Wildman–Crippen LogP) is 2.61. The van der Waals surface area contributed by atoms with Gasteiger partial charge < -0.3 is 9.80 Å². The zero-order valence-corrected chi connectivity index (χ0v) is 16.9. The van der Waals surface area contributed by atoms with E-state index in [2.05, 4.69) is 25.9 Å². The lowest BCUT2D eigenvalue weighted by Crippen LogP contribution is -2.47. The fourth-order valence-electron chi connectivity index (χ4n) is 3.79. The summed E-state index contributed by atoms with van der Waals surface area (Å²) in [7, 11) is 0. The first-order chi connectivity index (χ1) is 13.6. The zero-order valence-electron chi connectivity index (χ0n) is 16.1. The van der Waals surface area contributed by atoms with E-state index in [-0.39, 0.29) is 10.6 Å². The highest BCUT2D eigenvalue weighted by Crippen LogP contribution is 2.38. The van der Waals surface area contributed by atoms with Gasteiger partial charge in [-0.1, -0.05) is 11.6 Å². The van der Waals surface area contributed by atoms with Crippen molar-refractivity contribution in [1.82, 2.24) is 19.7 Å². The molecule has 2 aromatic rings. The minimum atomic E-state index is -0.172. The average Bonchev–Trinajstić information content (AvgIpc) is 3.60. The van der Waals surface area contributed by atoms with Crippen LogP contribution in [0.5, 0.6) is 0 Å². The number of aromatic nitrogens is 4. The molecule has 2 aliphatic carbocycles. The van der Waals surface area contributed by atoms with E-state index < -0.39 is 0 Å². The van der Waals surface area contributed by atoms with E-state index in [1.807, 2.05) is 6.92 Å². The molecule has 0 unspecified atom stereocenters. The van der Waals surface area contributed by atoms with Crippen LogP contribution in [0.15, 0.2) is 17.1 Å². The number of hydrogen-bond donors (Lipinski definition) is 0. The van der Waals surface area contributed by atoms with Gasteiger partial charge in [0.1, 0.15) is 16.7 Å². The number of nitrogens with zero attached hydrogens (tertiary/aromatic N) is 6. The minimum Gasteiger partial charge on any atom is -0.365 e. The molecule has 8 heteroatoms. The van der Waals surface area contributed by atoms with Gasteiger partial charge in [0.05, 0.1) is 11.9 Å². The minimum absolute atomic E-state index is 0.172. The Balaban J connectivity index is 1.29. The Morgan fingerprint density at radius 1 is 1.07 bits per heavy atom. The van der Waals surface area contributed by atoms with E-state index in [1.54, 1.807) is 6.20 Å². The second-order valence-corrected chi connectivity index (χ2v) is 8.63. The summed E-state index contributed by atoms with van der Waals surface area (Å²) in [5.74, 6) is 3.14. The molecule has 1 saturated heterocycles. The molecule has 7 nitrogen and oxygen atoms in total. The van der Waals surface area contributed by atoms with E-state index in [0.29, 0.717) is 18.4 Å². The maximum atomic E-state index is 12.5. The maximum absolute atomic E-state index is 12.5. The molecule has 148 valence electrons. The number of anilines is 2. The highest BCUT2D eigenvalue weighted by molar-refractivity contribution is 6.33. The molecule has 2 aromatic heterocycles. The largest absolute Gasteiger partial charge is 0.365 e. The first-order valence-corrected chi connectivity index (χ1v) is 10.6. The van der Waals surface area contributed by atoms with Crippen molar-refractivity contribution in [2.24, 2.45) is 5.92 Å². The lowest BCUT2D eigenvalue weighted by Gasteiger charge is -2.37. The van der Waals surface area contributed by atoms with Gasteiger partial charge in [-0.05, 0) is 38.5 Å². The van der Waals surface area contributed by atoms with Crippen LogP contribution in [0.1, 0.15) is 43.1 Å². The predicted molar refractivity (Wildman–Crippen MR) is 109 cm³/mol. The van der Waals surface area contributed by atoms with E-state index in [4.69, 9.17) is 16.6 Å². The van der Waals surface area contributed by atoms with Gasteiger partial charge in [0.2, 0.25) is 0 Å². The van der Waals surface area contributed by atoms with Gasteiger partial charge in [-0.2, -0.15) is 5.10 Å². The fraction of sp³-hybridized carbons (Fsp3) is 0.600. The Bertz CT molecular complexity index is 944. The third kappa shape index (κ3) is 3.60. The summed E-state index contributed by atoms with van der Waals surface area (Å²) < 4.78 is 1.52. The van der Waals surface area contributed by atoms with Crippen LogP contribution in [0.3, 0.4) is 0 Å². The normalized spacial score (nSPS) is 19.9. The number of piperazine rings is 1. The fourth-order valence-corrected chi connectivity index (χ4v) is 4.05. The molecule has 2 saturated carbocycles. The molecule has 0 atom stereocenters. The van der Waals surface area contributed by atoms with Crippen molar-refractivity contribution in [3.05, 3.63) is 39.2 Å². The molecule has 5 rings (SSSR count). The SMILES string of the molecule is Cc1cc(N2CCN(c3cnn(CC4CC4)c(=O)c3Cl)CC2)nc(C2CC2)n1. The summed E-state index contributed by atoms with van der Waals surface area (Å²) in [5, 5.41) is 4.65. The van der Waals surface area contributed by atoms with Crippen LogP contribution < -0.4 is 15.4 Å². The van der Waals surface area contributed by atoms with Gasteiger partial charge in [0, 0.05) is 50.4 Å². The molecular weight excluding hydrogens is 376 g/mol. The maximum Gasteiger partial charge on any atom is 0.287 e. The van der Waals surface area contributed by atoms with Crippen molar-refractivity contribution < 1.29 is 0 Å². The monoisotopic (exact) mass is 400 g/mol. The summed E-state index contributed by atoms with van der Waals surface area (Å²) in [6.07, 6.45) is 6.52. The Morgan fingerprint density at radius 3 is 2.46 bits per heavy atom. The third-order valence-electron chi connectivity index (χ3n) is 5.84. The molecule has 0 amide bonds. The molecule has 1 aliphatic heterocycles. The van der Waals surface area contributed by atoms with Crippen molar-refractivity contribution in [2.75, 3.05) is 36.0 Å². The van der Waals surface area contributed by atoms with Crippen molar-refractivity contribution >= 4 is 23.1 Å². The van der Waals surface area contributed by atoms with E-state index in [0.717, 1.165) is 49.2 Å². The molecule has 0 radical (unpaired) electrons. The first kappa shape index (κ1) is 17.9. The molecule has 28 heavy (non-hydrogen) atoms. The van der Waals surface area contributed by atoms with Crippen LogP contribution in [-0.2, 0) is 6.54 Å². The third-order valence-corrected chi connectivity index (χ3v) is 6.19. The summed E-state index contributed by atoms with van der Waals surface area (Å²) in [4.78, 5) is 26.4. The van der Waals surface area contributed by atoms with Gasteiger partial charge >= 0.3 is 0 Å². The Labute approximate surface area is 169 Å². The first-order valence-electron chi connectivity index (χ1n) is 10.2. The summed E-state index contributed by atoms with van der Waals surface area (Å²) in [6.45, 7) is 5.97. The number of aryl methyl sites for hydroxylation is 1. The van der Waals surface area contributed by atoms with Gasteiger partial charge in [-0.3, -0.25) is 4.79 Å². The lowest BCUT2D eigenvalue weighted by molar-refractivity contribution is 0.531. The molecule has 3 aliphatic rings. The molecule has 0 bridgehead atoms. The zero-order chi connectivity index (χ0) is 19.3. The number of hydrogen-bond acceptors (Lipinski definition) is 6. The standard InChI is InChI=1S/C20H25ClN6O/c1-13-10-17(24-19(23-13)15-4-5-15)26-8-6-25(7-9-26)16-11-22-27(12-14-2-3-14)20(28)18(16)21/h10-11,14-15H,2-9,12H2,1H3. The number of rotatable bonds is 5. The molecule has 0 spiro atoms. The summed E-state index contributed by atoms with van der Waals surface area (Å²) in [6, 6.07) is 2.06. The highest BCUT2D eigenvalue weighted by atomic mass is 35.5. The van der Waals surface area contributed by atoms with Crippen LogP contribution in [-0.4, -0.2) is 45.9 Å². The Kier molecular flexibility index (Phi) is 4.50. The second kappa shape index (κ2) is 7.03. The lowest BCUT2D eigenvalue weighted by atomic mass is 10.2. The van der Waals surface area contributed by atoms with E-state index in [1.165, 1.54) is 30.4 Å². The quantitative estimate of drug-likeness (QED) is 0.768. The van der Waals surface area contributed by atoms with Crippen molar-refractivity contribution in [2.45, 2.75) is 45.1 Å². The topological polar surface area (TPSA) is 67.2 Å². The van der Waals surface area contributed by atoms with Crippen molar-refractivity contribution in [3.63, 3.8) is 0 Å². The average molecular weight is 401 g/mol. The van der Waals surface area contributed by atoms with E-state index >= 15 is 0 Å². The smallest absolute Gasteiger partial charge is 0.287 e. The molecule has 0 aromatic carbocycles.